The summed E-state index contributed by atoms with van der Waals surface area (Å²) >= 11 is 1.44. The summed E-state index contributed by atoms with van der Waals surface area (Å²) in [5, 5.41) is 9.80. The number of hydrogen-bond acceptors (Lipinski definition) is 4. The van der Waals surface area contributed by atoms with Crippen molar-refractivity contribution in [2.24, 2.45) is 5.92 Å². The highest BCUT2D eigenvalue weighted by atomic mass is 32.1. The highest BCUT2D eigenvalue weighted by Crippen LogP contribution is 2.29. The first-order valence-electron chi connectivity index (χ1n) is 6.83. The van der Waals surface area contributed by atoms with Crippen LogP contribution in [0.4, 0.5) is 5.13 Å². The van der Waals surface area contributed by atoms with E-state index in [1.165, 1.54) is 11.3 Å². The van der Waals surface area contributed by atoms with E-state index in [0.29, 0.717) is 5.13 Å². The second kappa shape index (κ2) is 6.61. The standard InChI is InChI=1S/C15H19N3OS/c1-4-11(5-2)14(19)18(3)15-17-16-13(20-15)12-9-7-6-8-10-12/h6-11H,4-5H2,1-3H3. The van der Waals surface area contributed by atoms with E-state index in [0.717, 1.165) is 23.4 Å². The summed E-state index contributed by atoms with van der Waals surface area (Å²) < 4.78 is 0. The first-order valence-corrected chi connectivity index (χ1v) is 7.65. The Balaban J connectivity index is 2.18. The van der Waals surface area contributed by atoms with Crippen molar-refractivity contribution in [3.8, 4) is 10.6 Å². The third-order valence-electron chi connectivity index (χ3n) is 3.39. The van der Waals surface area contributed by atoms with E-state index in [9.17, 15) is 4.79 Å². The van der Waals surface area contributed by atoms with E-state index in [4.69, 9.17) is 0 Å². The van der Waals surface area contributed by atoms with Crippen LogP contribution in [0.15, 0.2) is 30.3 Å². The molecular weight excluding hydrogens is 270 g/mol. The zero-order chi connectivity index (χ0) is 14.5. The van der Waals surface area contributed by atoms with Crippen molar-refractivity contribution in [3.05, 3.63) is 30.3 Å². The van der Waals surface area contributed by atoms with Crippen molar-refractivity contribution < 1.29 is 4.79 Å². The molecule has 0 aliphatic heterocycles. The SMILES string of the molecule is CCC(CC)C(=O)N(C)c1nnc(-c2ccccc2)s1. The number of nitrogens with zero attached hydrogens (tertiary/aromatic N) is 3. The molecule has 20 heavy (non-hydrogen) atoms. The van der Waals surface area contributed by atoms with Gasteiger partial charge in [0.05, 0.1) is 0 Å². The summed E-state index contributed by atoms with van der Waals surface area (Å²) in [6.45, 7) is 4.07. The summed E-state index contributed by atoms with van der Waals surface area (Å²) in [4.78, 5) is 13.9. The summed E-state index contributed by atoms with van der Waals surface area (Å²) in [6.07, 6.45) is 1.70. The third kappa shape index (κ3) is 3.04. The molecule has 0 bridgehead atoms. The molecule has 1 heterocycles. The fourth-order valence-electron chi connectivity index (χ4n) is 2.05. The molecule has 0 fully saturated rings. The highest BCUT2D eigenvalue weighted by Gasteiger charge is 2.22. The number of rotatable bonds is 5. The van der Waals surface area contributed by atoms with Crippen LogP contribution in [-0.2, 0) is 4.79 Å². The lowest BCUT2D eigenvalue weighted by atomic mass is 10.0. The van der Waals surface area contributed by atoms with Crippen molar-refractivity contribution in [2.75, 3.05) is 11.9 Å². The number of carbonyl (C=O) groups is 1. The van der Waals surface area contributed by atoms with Gasteiger partial charge in [-0.1, -0.05) is 55.5 Å². The molecular formula is C15H19N3OS. The quantitative estimate of drug-likeness (QED) is 0.844. The minimum absolute atomic E-state index is 0.0593. The van der Waals surface area contributed by atoms with E-state index < -0.39 is 0 Å². The predicted octanol–water partition coefficient (Wildman–Crippen LogP) is 3.60. The molecule has 106 valence electrons. The maximum atomic E-state index is 12.3. The van der Waals surface area contributed by atoms with Crippen LogP contribution in [0.25, 0.3) is 10.6 Å². The molecule has 4 nitrogen and oxygen atoms in total. The Labute approximate surface area is 123 Å². The first-order chi connectivity index (χ1) is 9.67. The van der Waals surface area contributed by atoms with Crippen molar-refractivity contribution >= 4 is 22.4 Å². The fourth-order valence-corrected chi connectivity index (χ4v) is 2.87. The van der Waals surface area contributed by atoms with Crippen LogP contribution in [0.5, 0.6) is 0 Å². The van der Waals surface area contributed by atoms with E-state index in [1.807, 2.05) is 44.2 Å². The lowest BCUT2D eigenvalue weighted by molar-refractivity contribution is -0.122. The van der Waals surface area contributed by atoms with Crippen LogP contribution >= 0.6 is 11.3 Å². The van der Waals surface area contributed by atoms with Gasteiger partial charge < -0.3 is 0 Å². The molecule has 2 rings (SSSR count). The van der Waals surface area contributed by atoms with E-state index in [1.54, 1.807) is 11.9 Å². The number of carbonyl (C=O) groups excluding carboxylic acids is 1. The van der Waals surface area contributed by atoms with Gasteiger partial charge in [0.25, 0.3) is 0 Å². The molecule has 0 N–H and O–H groups in total. The molecule has 0 saturated heterocycles. The van der Waals surface area contributed by atoms with Crippen LogP contribution in [-0.4, -0.2) is 23.2 Å². The van der Waals surface area contributed by atoms with Gasteiger partial charge in [0.15, 0.2) is 0 Å². The summed E-state index contributed by atoms with van der Waals surface area (Å²) in [6, 6.07) is 9.89. The smallest absolute Gasteiger partial charge is 0.231 e. The summed E-state index contributed by atoms with van der Waals surface area (Å²) in [5.74, 6) is 0.176. The number of benzene rings is 1. The first kappa shape index (κ1) is 14.7. The molecule has 2 aromatic rings. The van der Waals surface area contributed by atoms with Crippen molar-refractivity contribution in [1.82, 2.24) is 10.2 Å². The lowest BCUT2D eigenvalue weighted by Crippen LogP contribution is -2.32. The van der Waals surface area contributed by atoms with Crippen LogP contribution in [0.3, 0.4) is 0 Å². The van der Waals surface area contributed by atoms with E-state index >= 15 is 0 Å². The number of anilines is 1. The minimum atomic E-state index is 0.0593. The Morgan fingerprint density at radius 3 is 2.45 bits per heavy atom. The monoisotopic (exact) mass is 289 g/mol. The van der Waals surface area contributed by atoms with Crippen molar-refractivity contribution in [2.45, 2.75) is 26.7 Å². The maximum absolute atomic E-state index is 12.3. The van der Waals surface area contributed by atoms with Gasteiger partial charge in [-0.25, -0.2) is 0 Å². The van der Waals surface area contributed by atoms with Crippen LogP contribution < -0.4 is 4.90 Å². The minimum Gasteiger partial charge on any atom is -0.290 e. The number of aromatic nitrogens is 2. The fraction of sp³-hybridized carbons (Fsp3) is 0.400. The molecule has 0 spiro atoms. The van der Waals surface area contributed by atoms with Gasteiger partial charge in [-0.3, -0.25) is 9.69 Å². The topological polar surface area (TPSA) is 46.1 Å². The zero-order valence-electron chi connectivity index (χ0n) is 12.0. The lowest BCUT2D eigenvalue weighted by Gasteiger charge is -2.19. The van der Waals surface area contributed by atoms with Gasteiger partial charge in [0.2, 0.25) is 11.0 Å². The number of hydrogen-bond donors (Lipinski definition) is 0. The number of amides is 1. The Hall–Kier alpha value is -1.75. The van der Waals surface area contributed by atoms with Gasteiger partial charge in [0.1, 0.15) is 5.01 Å². The molecule has 1 amide bonds. The van der Waals surface area contributed by atoms with Gasteiger partial charge in [-0.15, -0.1) is 10.2 Å². The molecule has 5 heteroatoms. The summed E-state index contributed by atoms with van der Waals surface area (Å²) in [7, 11) is 1.77. The zero-order valence-corrected chi connectivity index (χ0v) is 12.9. The van der Waals surface area contributed by atoms with Gasteiger partial charge in [-0.05, 0) is 12.8 Å². The second-order valence-corrected chi connectivity index (χ2v) is 5.62. The van der Waals surface area contributed by atoms with E-state index in [2.05, 4.69) is 10.2 Å². The van der Waals surface area contributed by atoms with Gasteiger partial charge >= 0.3 is 0 Å². The Morgan fingerprint density at radius 2 is 1.85 bits per heavy atom. The second-order valence-electron chi connectivity index (χ2n) is 4.67. The average molecular weight is 289 g/mol. The molecule has 0 saturated carbocycles. The molecule has 0 unspecified atom stereocenters. The highest BCUT2D eigenvalue weighted by molar-refractivity contribution is 7.18. The average Bonchev–Trinajstić information content (AvgIpc) is 2.98. The van der Waals surface area contributed by atoms with Crippen LogP contribution in [0, 0.1) is 5.92 Å². The molecule has 0 aliphatic rings. The van der Waals surface area contributed by atoms with Gasteiger partial charge in [-0.2, -0.15) is 0 Å². The molecule has 0 atom stereocenters. The third-order valence-corrected chi connectivity index (χ3v) is 4.44. The molecule has 0 radical (unpaired) electrons. The summed E-state index contributed by atoms with van der Waals surface area (Å²) in [5.41, 5.74) is 1.03. The Bertz CT molecular complexity index is 564. The van der Waals surface area contributed by atoms with Crippen molar-refractivity contribution in [3.63, 3.8) is 0 Å². The van der Waals surface area contributed by atoms with Crippen LogP contribution in [0.1, 0.15) is 26.7 Å². The molecule has 0 aliphatic carbocycles. The van der Waals surface area contributed by atoms with Crippen LogP contribution in [0.2, 0.25) is 0 Å². The van der Waals surface area contributed by atoms with Crippen molar-refractivity contribution in [1.29, 1.82) is 0 Å². The Kier molecular flexibility index (Phi) is 4.84. The molecule has 1 aromatic carbocycles. The molecule has 1 aromatic heterocycles. The predicted molar refractivity (Wildman–Crippen MR) is 82.8 cm³/mol. The normalized spacial score (nSPS) is 10.8. The maximum Gasteiger partial charge on any atom is 0.231 e. The largest absolute Gasteiger partial charge is 0.290 e. The van der Waals surface area contributed by atoms with E-state index in [-0.39, 0.29) is 11.8 Å². The van der Waals surface area contributed by atoms with Gasteiger partial charge in [0, 0.05) is 18.5 Å². The Morgan fingerprint density at radius 1 is 1.20 bits per heavy atom.